The molecule has 3 aromatic rings. The number of benzene rings is 2. The number of ether oxygens (including phenoxy) is 2. The summed E-state index contributed by atoms with van der Waals surface area (Å²) >= 11 is 5.81. The fourth-order valence-corrected chi connectivity index (χ4v) is 2.58. The summed E-state index contributed by atoms with van der Waals surface area (Å²) < 4.78 is 24.4. The van der Waals surface area contributed by atoms with E-state index in [0.29, 0.717) is 36.2 Å². The van der Waals surface area contributed by atoms with E-state index in [4.69, 9.17) is 21.1 Å². The number of rotatable bonds is 2. The van der Waals surface area contributed by atoms with Crippen molar-refractivity contribution in [2.24, 2.45) is 0 Å². The van der Waals surface area contributed by atoms with Gasteiger partial charge in [-0.25, -0.2) is 14.4 Å². The van der Waals surface area contributed by atoms with E-state index >= 15 is 0 Å². The molecule has 0 saturated heterocycles. The first kappa shape index (κ1) is 14.0. The number of aromatic nitrogens is 2. The van der Waals surface area contributed by atoms with E-state index in [1.54, 1.807) is 6.07 Å². The maximum atomic E-state index is 13.3. The van der Waals surface area contributed by atoms with Crippen molar-refractivity contribution in [3.05, 3.63) is 47.5 Å². The standard InChI is InChI=1S/C16H11ClFN3O2/c17-11-5-9(1-2-12(11)18)21-16-10-6-14-15(23-4-3-22-14)7-13(10)19-8-20-16/h1-2,5-8H,3-4H2,(H,19,20,21). The summed E-state index contributed by atoms with van der Waals surface area (Å²) in [6, 6.07) is 8.04. The quantitative estimate of drug-likeness (QED) is 0.771. The van der Waals surface area contributed by atoms with Crippen molar-refractivity contribution in [1.29, 1.82) is 0 Å². The van der Waals surface area contributed by atoms with E-state index in [1.165, 1.54) is 18.5 Å². The third-order valence-electron chi connectivity index (χ3n) is 3.48. The van der Waals surface area contributed by atoms with Crippen LogP contribution in [0.5, 0.6) is 11.5 Å². The molecule has 0 saturated carbocycles. The molecule has 1 aromatic heterocycles. The van der Waals surface area contributed by atoms with Crippen LogP contribution in [0, 0.1) is 5.82 Å². The van der Waals surface area contributed by atoms with Gasteiger partial charge in [0.15, 0.2) is 11.5 Å². The molecule has 0 radical (unpaired) electrons. The number of anilines is 2. The van der Waals surface area contributed by atoms with Gasteiger partial charge in [0.25, 0.3) is 0 Å². The van der Waals surface area contributed by atoms with Crippen molar-refractivity contribution in [1.82, 2.24) is 9.97 Å². The van der Waals surface area contributed by atoms with Gasteiger partial charge in [-0.2, -0.15) is 0 Å². The molecule has 0 fully saturated rings. The van der Waals surface area contributed by atoms with Gasteiger partial charge in [0.05, 0.1) is 10.5 Å². The molecule has 1 N–H and O–H groups in total. The van der Waals surface area contributed by atoms with Gasteiger partial charge in [-0.3, -0.25) is 0 Å². The molecule has 0 unspecified atom stereocenters. The number of hydrogen-bond donors (Lipinski definition) is 1. The van der Waals surface area contributed by atoms with Crippen LogP contribution >= 0.6 is 11.6 Å². The molecule has 5 nitrogen and oxygen atoms in total. The Balaban J connectivity index is 1.78. The van der Waals surface area contributed by atoms with Crippen LogP contribution in [0.25, 0.3) is 10.9 Å². The molecule has 0 amide bonds. The summed E-state index contributed by atoms with van der Waals surface area (Å²) in [6.07, 6.45) is 1.45. The lowest BCUT2D eigenvalue weighted by molar-refractivity contribution is 0.172. The van der Waals surface area contributed by atoms with Gasteiger partial charge in [0, 0.05) is 17.1 Å². The molecule has 0 aliphatic carbocycles. The van der Waals surface area contributed by atoms with Crippen molar-refractivity contribution in [2.75, 3.05) is 18.5 Å². The molecular weight excluding hydrogens is 321 g/mol. The first-order chi connectivity index (χ1) is 11.2. The fourth-order valence-electron chi connectivity index (χ4n) is 2.40. The highest BCUT2D eigenvalue weighted by atomic mass is 35.5. The van der Waals surface area contributed by atoms with E-state index in [2.05, 4.69) is 15.3 Å². The minimum absolute atomic E-state index is 0.0440. The Morgan fingerprint density at radius 1 is 1.04 bits per heavy atom. The summed E-state index contributed by atoms with van der Waals surface area (Å²) in [7, 11) is 0. The van der Waals surface area contributed by atoms with Crippen molar-refractivity contribution >= 4 is 34.0 Å². The second-order valence-electron chi connectivity index (χ2n) is 4.99. The predicted octanol–water partition coefficient (Wildman–Crippen LogP) is 3.94. The van der Waals surface area contributed by atoms with Crippen LogP contribution in [-0.2, 0) is 0 Å². The largest absolute Gasteiger partial charge is 0.486 e. The molecule has 0 spiro atoms. The molecule has 7 heteroatoms. The van der Waals surface area contributed by atoms with E-state index < -0.39 is 5.82 Å². The van der Waals surface area contributed by atoms with Crippen LogP contribution in [0.15, 0.2) is 36.7 Å². The predicted molar refractivity (Wildman–Crippen MR) is 85.2 cm³/mol. The first-order valence-electron chi connectivity index (χ1n) is 6.97. The summed E-state index contributed by atoms with van der Waals surface area (Å²) in [5, 5.41) is 3.94. The van der Waals surface area contributed by atoms with Gasteiger partial charge in [-0.15, -0.1) is 0 Å². The van der Waals surface area contributed by atoms with Gasteiger partial charge < -0.3 is 14.8 Å². The third-order valence-corrected chi connectivity index (χ3v) is 3.77. The highest BCUT2D eigenvalue weighted by Gasteiger charge is 2.15. The summed E-state index contributed by atoms with van der Waals surface area (Å²) in [6.45, 7) is 1.02. The average Bonchev–Trinajstić information content (AvgIpc) is 2.57. The fraction of sp³-hybridized carbons (Fsp3) is 0.125. The number of fused-ring (bicyclic) bond motifs is 2. The SMILES string of the molecule is Fc1ccc(Nc2ncnc3cc4c(cc23)OCCO4)cc1Cl. The molecule has 23 heavy (non-hydrogen) atoms. The average molecular weight is 332 g/mol. The Labute approximate surface area is 136 Å². The van der Waals surface area contributed by atoms with Crippen LogP contribution < -0.4 is 14.8 Å². The van der Waals surface area contributed by atoms with Crippen molar-refractivity contribution in [3.63, 3.8) is 0 Å². The first-order valence-corrected chi connectivity index (χ1v) is 7.35. The Kier molecular flexibility index (Phi) is 3.38. The smallest absolute Gasteiger partial charge is 0.163 e. The third kappa shape index (κ3) is 2.61. The lowest BCUT2D eigenvalue weighted by Gasteiger charge is -2.19. The lowest BCUT2D eigenvalue weighted by atomic mass is 10.2. The van der Waals surface area contributed by atoms with Crippen LogP contribution in [0.4, 0.5) is 15.9 Å². The number of nitrogens with zero attached hydrogens (tertiary/aromatic N) is 2. The molecule has 116 valence electrons. The summed E-state index contributed by atoms with van der Waals surface area (Å²) in [5.74, 6) is 1.43. The second-order valence-corrected chi connectivity index (χ2v) is 5.40. The Morgan fingerprint density at radius 3 is 2.61 bits per heavy atom. The minimum Gasteiger partial charge on any atom is -0.486 e. The molecular formula is C16H11ClFN3O2. The van der Waals surface area contributed by atoms with Crippen LogP contribution in [0.2, 0.25) is 5.02 Å². The van der Waals surface area contributed by atoms with Crippen LogP contribution in [0.1, 0.15) is 0 Å². The monoisotopic (exact) mass is 331 g/mol. The Bertz CT molecular complexity index is 904. The molecule has 1 aliphatic heterocycles. The summed E-state index contributed by atoms with van der Waals surface area (Å²) in [4.78, 5) is 8.50. The minimum atomic E-state index is -0.468. The van der Waals surface area contributed by atoms with Crippen LogP contribution in [-0.4, -0.2) is 23.2 Å². The highest BCUT2D eigenvalue weighted by Crippen LogP contribution is 2.36. The van der Waals surface area contributed by atoms with Crippen molar-refractivity contribution in [2.45, 2.75) is 0 Å². The number of halogens is 2. The maximum Gasteiger partial charge on any atom is 0.163 e. The van der Waals surface area contributed by atoms with Crippen LogP contribution in [0.3, 0.4) is 0 Å². The van der Waals surface area contributed by atoms with E-state index in [9.17, 15) is 4.39 Å². The van der Waals surface area contributed by atoms with Crippen molar-refractivity contribution in [3.8, 4) is 11.5 Å². The van der Waals surface area contributed by atoms with Gasteiger partial charge in [-0.1, -0.05) is 11.6 Å². The van der Waals surface area contributed by atoms with Gasteiger partial charge in [0.2, 0.25) is 0 Å². The molecule has 2 heterocycles. The van der Waals surface area contributed by atoms with E-state index in [1.807, 2.05) is 12.1 Å². The van der Waals surface area contributed by atoms with Gasteiger partial charge >= 0.3 is 0 Å². The topological polar surface area (TPSA) is 56.3 Å². The maximum absolute atomic E-state index is 13.3. The molecule has 2 aromatic carbocycles. The number of hydrogen-bond acceptors (Lipinski definition) is 5. The zero-order valence-corrected chi connectivity index (χ0v) is 12.6. The second kappa shape index (κ2) is 5.55. The molecule has 0 bridgehead atoms. The Hall–Kier alpha value is -2.60. The number of nitrogens with one attached hydrogen (secondary N) is 1. The van der Waals surface area contributed by atoms with Gasteiger partial charge in [0.1, 0.15) is 31.2 Å². The molecule has 4 rings (SSSR count). The normalized spacial score (nSPS) is 13.1. The zero-order valence-electron chi connectivity index (χ0n) is 11.8. The highest BCUT2D eigenvalue weighted by molar-refractivity contribution is 6.31. The zero-order chi connectivity index (χ0) is 15.8. The Morgan fingerprint density at radius 2 is 1.83 bits per heavy atom. The van der Waals surface area contributed by atoms with E-state index in [0.717, 1.165) is 10.9 Å². The van der Waals surface area contributed by atoms with Crippen molar-refractivity contribution < 1.29 is 13.9 Å². The summed E-state index contributed by atoms with van der Waals surface area (Å²) in [5.41, 5.74) is 1.35. The van der Waals surface area contributed by atoms with E-state index in [-0.39, 0.29) is 5.02 Å². The van der Waals surface area contributed by atoms with Gasteiger partial charge in [-0.05, 0) is 24.3 Å². The molecule has 0 atom stereocenters. The molecule has 1 aliphatic rings. The lowest BCUT2D eigenvalue weighted by Crippen LogP contribution is -2.15.